The first kappa shape index (κ1) is 18.4. The fraction of sp³-hybridized carbons (Fsp3) is 0.348. The van der Waals surface area contributed by atoms with E-state index in [1.165, 1.54) is 0 Å². The minimum atomic E-state index is 0.0963. The average molecular weight is 378 g/mol. The molecule has 2 heterocycles. The molecule has 0 N–H and O–H groups in total. The second-order valence-corrected chi connectivity index (χ2v) is 7.09. The van der Waals surface area contributed by atoms with Gasteiger partial charge < -0.3 is 18.9 Å². The molecule has 2 aromatic carbocycles. The highest BCUT2D eigenvalue weighted by Crippen LogP contribution is 2.31. The molecule has 1 fully saturated rings. The van der Waals surface area contributed by atoms with Crippen LogP contribution < -0.4 is 9.47 Å². The summed E-state index contributed by atoms with van der Waals surface area (Å²) in [5, 5.41) is 0.981. The van der Waals surface area contributed by atoms with Gasteiger partial charge in [0.2, 0.25) is 0 Å². The van der Waals surface area contributed by atoms with E-state index in [4.69, 9.17) is 9.47 Å². The van der Waals surface area contributed by atoms with Crippen molar-refractivity contribution in [3.05, 3.63) is 59.8 Å². The van der Waals surface area contributed by atoms with E-state index in [1.807, 2.05) is 48.2 Å². The van der Waals surface area contributed by atoms with Gasteiger partial charge in [-0.2, -0.15) is 0 Å². The monoisotopic (exact) mass is 378 g/mol. The fourth-order valence-electron chi connectivity index (χ4n) is 3.92. The number of methoxy groups -OCH3 is 1. The van der Waals surface area contributed by atoms with E-state index < -0.39 is 0 Å². The number of rotatable bonds is 6. The van der Waals surface area contributed by atoms with Crippen molar-refractivity contribution in [1.29, 1.82) is 0 Å². The van der Waals surface area contributed by atoms with Gasteiger partial charge in [-0.15, -0.1) is 0 Å². The van der Waals surface area contributed by atoms with E-state index in [0.717, 1.165) is 53.9 Å². The van der Waals surface area contributed by atoms with E-state index in [1.54, 1.807) is 7.11 Å². The third-order valence-electron chi connectivity index (χ3n) is 5.29. The molecule has 1 saturated heterocycles. The minimum absolute atomic E-state index is 0.0963. The Bertz CT molecular complexity index is 987. The number of benzene rings is 2. The van der Waals surface area contributed by atoms with Crippen LogP contribution in [0.15, 0.2) is 48.5 Å². The van der Waals surface area contributed by atoms with Gasteiger partial charge in [0.25, 0.3) is 5.91 Å². The first-order valence-electron chi connectivity index (χ1n) is 9.88. The molecule has 1 amide bonds. The highest BCUT2D eigenvalue weighted by molar-refractivity contribution is 6.00. The van der Waals surface area contributed by atoms with Crippen LogP contribution in [0, 0.1) is 0 Å². The van der Waals surface area contributed by atoms with Gasteiger partial charge in [-0.3, -0.25) is 4.79 Å². The molecule has 0 radical (unpaired) electrons. The summed E-state index contributed by atoms with van der Waals surface area (Å²) < 4.78 is 13.3. The lowest BCUT2D eigenvalue weighted by Crippen LogP contribution is -2.29. The van der Waals surface area contributed by atoms with Gasteiger partial charge in [-0.05, 0) is 55.7 Å². The maximum absolute atomic E-state index is 13.3. The lowest BCUT2D eigenvalue weighted by atomic mass is 10.2. The molecule has 0 aliphatic carbocycles. The van der Waals surface area contributed by atoms with E-state index >= 15 is 0 Å². The second-order valence-electron chi connectivity index (χ2n) is 7.09. The molecule has 1 aromatic heterocycles. The highest BCUT2D eigenvalue weighted by atomic mass is 16.5. The van der Waals surface area contributed by atoms with Crippen LogP contribution in [-0.2, 0) is 6.54 Å². The Hall–Kier alpha value is -2.95. The van der Waals surface area contributed by atoms with Crippen LogP contribution in [0.1, 0.15) is 35.8 Å². The lowest BCUT2D eigenvalue weighted by molar-refractivity contribution is 0.0783. The molecule has 28 heavy (non-hydrogen) atoms. The molecule has 0 unspecified atom stereocenters. The molecule has 1 aliphatic rings. The molecular formula is C23H26N2O3. The van der Waals surface area contributed by atoms with Crippen molar-refractivity contribution in [2.45, 2.75) is 26.3 Å². The van der Waals surface area contributed by atoms with Crippen molar-refractivity contribution in [2.24, 2.45) is 0 Å². The third-order valence-corrected chi connectivity index (χ3v) is 5.29. The van der Waals surface area contributed by atoms with E-state index in [9.17, 15) is 4.79 Å². The van der Waals surface area contributed by atoms with Gasteiger partial charge in [-0.1, -0.05) is 18.2 Å². The summed E-state index contributed by atoms with van der Waals surface area (Å²) in [6.45, 7) is 4.83. The number of fused-ring (bicyclic) bond motifs is 1. The average Bonchev–Trinajstić information content (AvgIpc) is 3.37. The van der Waals surface area contributed by atoms with Crippen molar-refractivity contribution < 1.29 is 14.3 Å². The molecule has 4 rings (SSSR count). The Balaban J connectivity index is 1.82. The quantitative estimate of drug-likeness (QED) is 0.641. The summed E-state index contributed by atoms with van der Waals surface area (Å²) in [7, 11) is 1.67. The molecule has 5 heteroatoms. The Morgan fingerprint density at radius 1 is 1.07 bits per heavy atom. The Kier molecular flexibility index (Phi) is 5.24. The van der Waals surface area contributed by atoms with Gasteiger partial charge in [0, 0.05) is 25.0 Å². The number of carbonyl (C=O) groups excluding carboxylic acids is 1. The number of carbonyl (C=O) groups is 1. The molecule has 1 aliphatic heterocycles. The van der Waals surface area contributed by atoms with Crippen LogP contribution in [0.25, 0.3) is 10.9 Å². The molecule has 0 atom stereocenters. The van der Waals surface area contributed by atoms with Crippen LogP contribution >= 0.6 is 0 Å². The Morgan fingerprint density at radius 2 is 1.86 bits per heavy atom. The number of amides is 1. The van der Waals surface area contributed by atoms with Crippen molar-refractivity contribution >= 4 is 16.8 Å². The molecule has 0 saturated carbocycles. The van der Waals surface area contributed by atoms with Crippen molar-refractivity contribution in [1.82, 2.24) is 9.47 Å². The van der Waals surface area contributed by atoms with E-state index in [2.05, 4.69) is 16.7 Å². The number of nitrogens with zero attached hydrogens (tertiary/aromatic N) is 2. The highest BCUT2D eigenvalue weighted by Gasteiger charge is 2.24. The number of likely N-dealkylation sites (tertiary alicyclic amines) is 1. The topological polar surface area (TPSA) is 43.7 Å². The van der Waals surface area contributed by atoms with Crippen molar-refractivity contribution in [2.75, 3.05) is 26.8 Å². The van der Waals surface area contributed by atoms with Crippen LogP contribution in [0.2, 0.25) is 0 Å². The smallest absolute Gasteiger partial charge is 0.270 e. The fourth-order valence-corrected chi connectivity index (χ4v) is 3.92. The maximum Gasteiger partial charge on any atom is 0.270 e. The zero-order chi connectivity index (χ0) is 19.5. The van der Waals surface area contributed by atoms with Gasteiger partial charge in [0.05, 0.1) is 19.2 Å². The summed E-state index contributed by atoms with van der Waals surface area (Å²) in [6.07, 6.45) is 2.15. The molecule has 0 spiro atoms. The number of hydrogen-bond acceptors (Lipinski definition) is 3. The normalized spacial score (nSPS) is 13.9. The summed E-state index contributed by atoms with van der Waals surface area (Å²) in [6, 6.07) is 16.0. The summed E-state index contributed by atoms with van der Waals surface area (Å²) >= 11 is 0. The molecular weight excluding hydrogens is 352 g/mol. The van der Waals surface area contributed by atoms with Crippen LogP contribution in [0.5, 0.6) is 11.5 Å². The van der Waals surface area contributed by atoms with Crippen molar-refractivity contribution in [3.63, 3.8) is 0 Å². The van der Waals surface area contributed by atoms with Gasteiger partial charge in [0.15, 0.2) is 0 Å². The summed E-state index contributed by atoms with van der Waals surface area (Å²) in [4.78, 5) is 15.2. The van der Waals surface area contributed by atoms with E-state index in [0.29, 0.717) is 18.8 Å². The molecule has 5 nitrogen and oxygen atoms in total. The van der Waals surface area contributed by atoms with Crippen LogP contribution in [0.3, 0.4) is 0 Å². The molecule has 146 valence electrons. The maximum atomic E-state index is 13.3. The number of aromatic nitrogens is 1. The summed E-state index contributed by atoms with van der Waals surface area (Å²) in [5.74, 6) is 1.73. The number of ether oxygens (including phenoxy) is 2. The lowest BCUT2D eigenvalue weighted by Gasteiger charge is -2.17. The predicted octanol–water partition coefficient (Wildman–Crippen LogP) is 4.33. The largest absolute Gasteiger partial charge is 0.497 e. The standard InChI is InChI=1S/C23H26N2O3/c1-3-28-22-11-7-10-20-19(22)15-21(23(26)24-12-4-5-13-24)25(20)16-17-8-6-9-18(14-17)27-2/h6-11,14-15H,3-5,12-13,16H2,1-2H3. The SMILES string of the molecule is CCOc1cccc2c1cc(C(=O)N1CCCC1)n2Cc1cccc(OC)c1. The molecule has 0 bridgehead atoms. The first-order chi connectivity index (χ1) is 13.7. The zero-order valence-electron chi connectivity index (χ0n) is 16.5. The van der Waals surface area contributed by atoms with Crippen LogP contribution in [0.4, 0.5) is 0 Å². The Morgan fingerprint density at radius 3 is 2.61 bits per heavy atom. The Labute approximate surface area is 165 Å². The number of hydrogen-bond donors (Lipinski definition) is 0. The zero-order valence-corrected chi connectivity index (χ0v) is 16.5. The molecule has 3 aromatic rings. The van der Waals surface area contributed by atoms with Gasteiger partial charge in [-0.25, -0.2) is 0 Å². The third kappa shape index (κ3) is 3.44. The van der Waals surface area contributed by atoms with Crippen LogP contribution in [-0.4, -0.2) is 42.2 Å². The second kappa shape index (κ2) is 7.97. The first-order valence-corrected chi connectivity index (χ1v) is 9.88. The minimum Gasteiger partial charge on any atom is -0.497 e. The van der Waals surface area contributed by atoms with Crippen molar-refractivity contribution in [3.8, 4) is 11.5 Å². The van der Waals surface area contributed by atoms with E-state index in [-0.39, 0.29) is 5.91 Å². The van der Waals surface area contributed by atoms with Gasteiger partial charge >= 0.3 is 0 Å². The van der Waals surface area contributed by atoms with Gasteiger partial charge in [0.1, 0.15) is 17.2 Å². The summed E-state index contributed by atoms with van der Waals surface area (Å²) in [5.41, 5.74) is 2.82. The predicted molar refractivity (Wildman–Crippen MR) is 110 cm³/mol.